The number of benzene rings is 1. The molecule has 0 aromatic heterocycles. The van der Waals surface area contributed by atoms with E-state index >= 15 is 0 Å². The Morgan fingerprint density at radius 3 is 2.50 bits per heavy atom. The molecule has 0 aliphatic carbocycles. The van der Waals surface area contributed by atoms with Gasteiger partial charge in [-0.25, -0.2) is 0 Å². The quantitative estimate of drug-likeness (QED) is 0.680. The summed E-state index contributed by atoms with van der Waals surface area (Å²) in [6.45, 7) is 4.52. The Morgan fingerprint density at radius 1 is 1.25 bits per heavy atom. The Kier molecular flexibility index (Phi) is 4.23. The molecule has 1 aromatic rings. The molecule has 0 amide bonds. The molecular formula is C11H16S. The van der Waals surface area contributed by atoms with Gasteiger partial charge in [-0.3, -0.25) is 0 Å². The molecule has 1 atom stereocenters. The largest absolute Gasteiger partial charge is 0.154 e. The zero-order valence-corrected chi connectivity index (χ0v) is 8.60. The van der Waals surface area contributed by atoms with E-state index in [-0.39, 0.29) is 0 Å². The number of thioether (sulfide) groups is 1. The van der Waals surface area contributed by atoms with Gasteiger partial charge in [0.25, 0.3) is 0 Å². The standard InChI is InChI=1S/C11H16S/c1-3-10(2)12-9-11-7-5-4-6-8-11/h4-8,10H,3,9H2,1-2H3/t10-/m1/s1. The van der Waals surface area contributed by atoms with Crippen molar-refractivity contribution in [1.82, 2.24) is 0 Å². The average molecular weight is 180 g/mol. The first-order chi connectivity index (χ1) is 5.83. The minimum absolute atomic E-state index is 0.783. The molecule has 0 N–H and O–H groups in total. The van der Waals surface area contributed by atoms with Crippen LogP contribution in [0, 0.1) is 0 Å². The summed E-state index contributed by atoms with van der Waals surface area (Å²) in [5, 5.41) is 0.783. The minimum atomic E-state index is 0.783. The normalized spacial score (nSPS) is 12.8. The fraction of sp³-hybridized carbons (Fsp3) is 0.455. The molecule has 66 valence electrons. The Labute approximate surface area is 79.4 Å². The molecule has 0 heterocycles. The van der Waals surface area contributed by atoms with E-state index in [1.165, 1.54) is 12.0 Å². The first kappa shape index (κ1) is 9.66. The summed E-state index contributed by atoms with van der Waals surface area (Å²) in [5.41, 5.74) is 1.43. The SMILES string of the molecule is CC[C@@H](C)SCc1ccccc1. The minimum Gasteiger partial charge on any atom is -0.154 e. The van der Waals surface area contributed by atoms with Gasteiger partial charge >= 0.3 is 0 Å². The molecule has 1 rings (SSSR count). The van der Waals surface area contributed by atoms with Crippen molar-refractivity contribution >= 4 is 11.8 Å². The fourth-order valence-corrected chi connectivity index (χ4v) is 1.84. The fourth-order valence-electron chi connectivity index (χ4n) is 0.931. The van der Waals surface area contributed by atoms with E-state index in [2.05, 4.69) is 44.2 Å². The average Bonchev–Trinajstić information content (AvgIpc) is 2.16. The van der Waals surface area contributed by atoms with Crippen molar-refractivity contribution in [3.8, 4) is 0 Å². The van der Waals surface area contributed by atoms with Crippen LogP contribution in [0.1, 0.15) is 25.8 Å². The molecule has 0 saturated carbocycles. The smallest absolute Gasteiger partial charge is 0.0187 e. The molecule has 12 heavy (non-hydrogen) atoms. The topological polar surface area (TPSA) is 0 Å². The third kappa shape index (κ3) is 3.31. The van der Waals surface area contributed by atoms with Crippen LogP contribution in [0.25, 0.3) is 0 Å². The van der Waals surface area contributed by atoms with Gasteiger partial charge in [0.2, 0.25) is 0 Å². The third-order valence-electron chi connectivity index (χ3n) is 1.95. The van der Waals surface area contributed by atoms with Crippen molar-refractivity contribution in [1.29, 1.82) is 0 Å². The van der Waals surface area contributed by atoms with E-state index in [0.717, 1.165) is 11.0 Å². The van der Waals surface area contributed by atoms with Crippen molar-refractivity contribution in [2.24, 2.45) is 0 Å². The molecule has 0 bridgehead atoms. The molecule has 0 aliphatic rings. The predicted molar refractivity (Wildman–Crippen MR) is 57.5 cm³/mol. The van der Waals surface area contributed by atoms with E-state index in [0.29, 0.717) is 0 Å². The Morgan fingerprint density at radius 2 is 1.92 bits per heavy atom. The van der Waals surface area contributed by atoms with Gasteiger partial charge in [0.1, 0.15) is 0 Å². The predicted octanol–water partition coefficient (Wildman–Crippen LogP) is 3.72. The Balaban J connectivity index is 2.33. The van der Waals surface area contributed by atoms with E-state index in [1.54, 1.807) is 0 Å². The van der Waals surface area contributed by atoms with Gasteiger partial charge in [-0.2, -0.15) is 11.8 Å². The maximum absolute atomic E-state index is 2.29. The van der Waals surface area contributed by atoms with E-state index < -0.39 is 0 Å². The van der Waals surface area contributed by atoms with Crippen LogP contribution >= 0.6 is 11.8 Å². The van der Waals surface area contributed by atoms with Gasteiger partial charge < -0.3 is 0 Å². The molecule has 0 saturated heterocycles. The number of hydrogen-bond donors (Lipinski definition) is 0. The second-order valence-electron chi connectivity index (χ2n) is 3.02. The first-order valence-corrected chi connectivity index (χ1v) is 5.53. The molecular weight excluding hydrogens is 164 g/mol. The maximum Gasteiger partial charge on any atom is 0.0187 e. The molecule has 0 unspecified atom stereocenters. The maximum atomic E-state index is 2.29. The summed E-state index contributed by atoms with van der Waals surface area (Å²) in [7, 11) is 0. The summed E-state index contributed by atoms with van der Waals surface area (Å²) < 4.78 is 0. The van der Waals surface area contributed by atoms with E-state index in [4.69, 9.17) is 0 Å². The van der Waals surface area contributed by atoms with Gasteiger partial charge in [0.05, 0.1) is 0 Å². The second kappa shape index (κ2) is 5.26. The van der Waals surface area contributed by atoms with Gasteiger partial charge in [-0.1, -0.05) is 44.2 Å². The Bertz CT molecular complexity index is 206. The number of hydrogen-bond acceptors (Lipinski definition) is 1. The number of rotatable bonds is 4. The van der Waals surface area contributed by atoms with Crippen LogP contribution in [0.15, 0.2) is 30.3 Å². The summed E-state index contributed by atoms with van der Waals surface area (Å²) in [5.74, 6) is 1.15. The summed E-state index contributed by atoms with van der Waals surface area (Å²) in [6.07, 6.45) is 1.26. The summed E-state index contributed by atoms with van der Waals surface area (Å²) in [4.78, 5) is 0. The van der Waals surface area contributed by atoms with Crippen LogP contribution in [-0.2, 0) is 5.75 Å². The highest BCUT2D eigenvalue weighted by molar-refractivity contribution is 7.99. The molecule has 1 aromatic carbocycles. The lowest BCUT2D eigenvalue weighted by atomic mass is 10.2. The molecule has 0 nitrogen and oxygen atoms in total. The molecule has 0 spiro atoms. The highest BCUT2D eigenvalue weighted by atomic mass is 32.2. The van der Waals surface area contributed by atoms with Gasteiger partial charge in [0.15, 0.2) is 0 Å². The van der Waals surface area contributed by atoms with Crippen LogP contribution in [-0.4, -0.2) is 5.25 Å². The van der Waals surface area contributed by atoms with E-state index in [1.807, 2.05) is 11.8 Å². The van der Waals surface area contributed by atoms with Crippen LogP contribution in [0.2, 0.25) is 0 Å². The van der Waals surface area contributed by atoms with Gasteiger partial charge in [-0.15, -0.1) is 0 Å². The van der Waals surface area contributed by atoms with Crippen LogP contribution in [0.4, 0.5) is 0 Å². The zero-order valence-electron chi connectivity index (χ0n) is 7.79. The van der Waals surface area contributed by atoms with Crippen molar-refractivity contribution in [3.05, 3.63) is 35.9 Å². The van der Waals surface area contributed by atoms with Crippen LogP contribution < -0.4 is 0 Å². The highest BCUT2D eigenvalue weighted by Crippen LogP contribution is 2.18. The van der Waals surface area contributed by atoms with Crippen LogP contribution in [0.5, 0.6) is 0 Å². The van der Waals surface area contributed by atoms with Crippen molar-refractivity contribution in [2.75, 3.05) is 0 Å². The Hall–Kier alpha value is -0.430. The summed E-state index contributed by atoms with van der Waals surface area (Å²) >= 11 is 2.03. The monoisotopic (exact) mass is 180 g/mol. The van der Waals surface area contributed by atoms with Crippen LogP contribution in [0.3, 0.4) is 0 Å². The molecule has 0 radical (unpaired) electrons. The summed E-state index contributed by atoms with van der Waals surface area (Å²) in [6, 6.07) is 10.7. The first-order valence-electron chi connectivity index (χ1n) is 4.48. The van der Waals surface area contributed by atoms with E-state index in [9.17, 15) is 0 Å². The van der Waals surface area contributed by atoms with Crippen molar-refractivity contribution in [3.63, 3.8) is 0 Å². The highest BCUT2D eigenvalue weighted by Gasteiger charge is 1.98. The zero-order chi connectivity index (χ0) is 8.81. The lowest BCUT2D eigenvalue weighted by molar-refractivity contribution is 0.905. The molecule has 0 fully saturated rings. The van der Waals surface area contributed by atoms with Crippen molar-refractivity contribution < 1.29 is 0 Å². The molecule has 0 aliphatic heterocycles. The van der Waals surface area contributed by atoms with Gasteiger partial charge in [-0.05, 0) is 12.0 Å². The lowest BCUT2D eigenvalue weighted by Gasteiger charge is -2.07. The van der Waals surface area contributed by atoms with Gasteiger partial charge in [0, 0.05) is 11.0 Å². The second-order valence-corrected chi connectivity index (χ2v) is 4.44. The van der Waals surface area contributed by atoms with Crippen molar-refractivity contribution in [2.45, 2.75) is 31.3 Å². The third-order valence-corrected chi connectivity index (χ3v) is 3.35. The lowest BCUT2D eigenvalue weighted by Crippen LogP contribution is -1.93. The molecule has 1 heteroatoms.